The maximum Gasteiger partial charge on any atom is 0.0493 e. The van der Waals surface area contributed by atoms with Gasteiger partial charge in [0.25, 0.3) is 0 Å². The molecule has 0 amide bonds. The van der Waals surface area contributed by atoms with Gasteiger partial charge in [-0.25, -0.2) is 0 Å². The average Bonchev–Trinajstić information content (AvgIpc) is 0.780. The summed E-state index contributed by atoms with van der Waals surface area (Å²) in [5.74, 6) is 3.00. The molecule has 12 aromatic rings. The monoisotopic (exact) mass is 2000 g/mol. The zero-order valence-corrected chi connectivity index (χ0v) is 98.9. The molecule has 0 atom stereocenters. The Morgan fingerprint density at radius 3 is 0.772 bits per heavy atom. The van der Waals surface area contributed by atoms with Crippen molar-refractivity contribution in [1.29, 1.82) is 0 Å². The van der Waals surface area contributed by atoms with Gasteiger partial charge in [0.15, 0.2) is 0 Å². The summed E-state index contributed by atoms with van der Waals surface area (Å²) in [5, 5.41) is 1.69. The summed E-state index contributed by atoms with van der Waals surface area (Å²) in [6, 6.07) is 45.9. The highest BCUT2D eigenvalue weighted by Crippen LogP contribution is 2.41. The molecule has 0 saturated heterocycles. The van der Waals surface area contributed by atoms with Crippen LogP contribution in [0.5, 0.6) is 0 Å². The Morgan fingerprint density at radius 2 is 0.407 bits per heavy atom. The van der Waals surface area contributed by atoms with Gasteiger partial charge in [0.1, 0.15) is 0 Å². The summed E-state index contributed by atoms with van der Waals surface area (Å²) < 4.78 is 0. The molecule has 11 heteroatoms. The van der Waals surface area contributed by atoms with Crippen LogP contribution in [-0.2, 0) is 122 Å². The van der Waals surface area contributed by atoms with Gasteiger partial charge in [0.05, 0.1) is 0 Å². The van der Waals surface area contributed by atoms with E-state index in [-0.39, 0.29) is 0 Å². The number of aryl methyl sites for hydroxylation is 16. The fraction of sp³-hybridized carbons (Fsp3) is 0.463. The van der Waals surface area contributed by atoms with Gasteiger partial charge >= 0.3 is 0 Å². The van der Waals surface area contributed by atoms with E-state index in [2.05, 4.69) is 364 Å². The normalized spacial score (nSPS) is 11.2. The first-order chi connectivity index (χ1) is 68.3. The first-order valence-electron chi connectivity index (χ1n) is 55.1. The fourth-order valence-electron chi connectivity index (χ4n) is 21.1. The average molecular weight is 2000 g/mol. The van der Waals surface area contributed by atoms with Crippen molar-refractivity contribution in [2.75, 3.05) is 51.6 Å². The minimum atomic E-state index is 0.443. The molecule has 18 N–H and O–H groups in total. The maximum atomic E-state index is 6.76. The van der Waals surface area contributed by atoms with E-state index in [0.717, 1.165) is 217 Å². The third kappa shape index (κ3) is 31.7. The first kappa shape index (κ1) is 123. The highest BCUT2D eigenvalue weighted by molar-refractivity contribution is 6.33. The Labute approximate surface area is 892 Å². The molecule has 12 rings (SSSR count). The predicted octanol–water partition coefficient (Wildman–Crippen LogP) is 35.3. The first-order valence-corrected chi connectivity index (χ1v) is 55.8. The van der Waals surface area contributed by atoms with Gasteiger partial charge in [-0.05, 0) is 455 Å². The number of hydrogen-bond acceptors (Lipinski definition) is 9. The maximum absolute atomic E-state index is 6.76. The molecule has 0 aromatic heterocycles. The van der Waals surface area contributed by atoms with Crippen LogP contribution in [0.4, 0.5) is 51.2 Å². The van der Waals surface area contributed by atoms with E-state index in [0.29, 0.717) is 35.5 Å². The van der Waals surface area contributed by atoms with Crippen molar-refractivity contribution >= 4 is 74.4 Å². The van der Waals surface area contributed by atoms with Gasteiger partial charge in [-0.15, -0.1) is 0 Å². The summed E-state index contributed by atoms with van der Waals surface area (Å²) in [6.45, 7) is 81.2. The van der Waals surface area contributed by atoms with E-state index in [1.165, 1.54) is 195 Å². The van der Waals surface area contributed by atoms with Crippen LogP contribution in [0.2, 0.25) is 10.0 Å². The summed E-state index contributed by atoms with van der Waals surface area (Å²) in [5.41, 5.74) is 118. The minimum absolute atomic E-state index is 0.443. The topological polar surface area (TPSA) is 234 Å². The smallest absolute Gasteiger partial charge is 0.0493 e. The van der Waals surface area contributed by atoms with Crippen LogP contribution in [0.25, 0.3) is 0 Å². The number of nitrogen functional groups attached to an aromatic ring is 9. The second-order valence-corrected chi connectivity index (χ2v) is 43.5. The molecule has 0 heterocycles. The van der Waals surface area contributed by atoms with Crippen LogP contribution in [0, 0.1) is 76.2 Å². The van der Waals surface area contributed by atoms with Gasteiger partial charge in [-0.1, -0.05) is 325 Å². The molecular formula is C134H193Cl2N9. The Balaban J connectivity index is 0.000000262. The largest absolute Gasteiger partial charge is 0.398 e. The molecule has 12 aromatic carbocycles. The Bertz CT molecular complexity index is 5910. The quantitative estimate of drug-likeness (QED) is 0.0195. The van der Waals surface area contributed by atoms with Crippen LogP contribution < -0.4 is 51.6 Å². The van der Waals surface area contributed by atoms with E-state index in [1.807, 2.05) is 13.8 Å². The third-order valence-electron chi connectivity index (χ3n) is 30.6. The van der Waals surface area contributed by atoms with Crippen LogP contribution >= 0.6 is 23.2 Å². The summed E-state index contributed by atoms with van der Waals surface area (Å²) in [7, 11) is 0. The molecule has 0 radical (unpaired) electrons. The molecule has 0 fully saturated rings. The fourth-order valence-corrected chi connectivity index (χ4v) is 21.8. The number of benzene rings is 12. The van der Waals surface area contributed by atoms with E-state index < -0.39 is 0 Å². The lowest BCUT2D eigenvalue weighted by molar-refractivity contribution is 0.811. The van der Waals surface area contributed by atoms with Crippen molar-refractivity contribution in [3.05, 3.63) is 359 Å². The van der Waals surface area contributed by atoms with Crippen molar-refractivity contribution in [3.63, 3.8) is 0 Å². The van der Waals surface area contributed by atoms with Gasteiger partial charge in [0, 0.05) is 67.7 Å². The third-order valence-corrected chi connectivity index (χ3v) is 31.6. The van der Waals surface area contributed by atoms with Gasteiger partial charge < -0.3 is 51.6 Å². The van der Waals surface area contributed by atoms with Crippen LogP contribution in [0.3, 0.4) is 0 Å². The number of anilines is 9. The SMILES string of the molecule is CCc1cc(C)c(N)c(CC)c1N.CCc1cc(CC)c(N)c(C)c1N.CCc1cc(Cc2cc(C)c(N)c(CC)c2)cc(C)c1C.CCc1cc(Cc2cc(CC)c(N)c(CC)c2)cc(CC)c1C.CCc1cc(Cc2cc(CC)c(N)c(CC)c2Cl)c(Cl)c(CC)c1C.Cc1c(C(C)C)cc(Cc2cc(C(C)C)c(N)c(C(C)C)c2)cc1C(C)C.Cc1cc(Cc2cc(C)c(N)c(C(C)C)c2)cc(C(C)C)c1C. The highest BCUT2D eigenvalue weighted by atomic mass is 35.5. The van der Waals surface area contributed by atoms with E-state index in [9.17, 15) is 0 Å². The predicted molar refractivity (Wildman–Crippen MR) is 649 cm³/mol. The summed E-state index contributed by atoms with van der Waals surface area (Å²) >= 11 is 13.5. The number of hydrogen-bond donors (Lipinski definition) is 9. The lowest BCUT2D eigenvalue weighted by atomic mass is 9.85. The molecular weight excluding hydrogens is 1810 g/mol. The second-order valence-electron chi connectivity index (χ2n) is 42.8. The number of halogens is 2. The lowest BCUT2D eigenvalue weighted by Gasteiger charge is -2.21. The summed E-state index contributed by atoms with van der Waals surface area (Å²) in [6.07, 6.45) is 18.5. The molecule has 9 nitrogen and oxygen atoms in total. The number of nitrogens with two attached hydrogens (primary N) is 9. The second kappa shape index (κ2) is 57.1. The van der Waals surface area contributed by atoms with E-state index in [1.54, 1.807) is 0 Å². The van der Waals surface area contributed by atoms with Crippen LogP contribution in [0.15, 0.2) is 121 Å². The lowest BCUT2D eigenvalue weighted by Crippen LogP contribution is -2.06. The van der Waals surface area contributed by atoms with Gasteiger partial charge in [-0.2, -0.15) is 0 Å². The highest BCUT2D eigenvalue weighted by Gasteiger charge is 2.23. The molecule has 0 spiro atoms. The van der Waals surface area contributed by atoms with Gasteiger partial charge in [0.2, 0.25) is 0 Å². The molecule has 0 bridgehead atoms. The Morgan fingerprint density at radius 1 is 0.166 bits per heavy atom. The summed E-state index contributed by atoms with van der Waals surface area (Å²) in [4.78, 5) is 0. The Kier molecular flexibility index (Phi) is 48.5. The Hall–Kier alpha value is -10.6. The molecule has 0 aliphatic rings. The van der Waals surface area contributed by atoms with Crippen molar-refractivity contribution in [3.8, 4) is 0 Å². The number of rotatable bonds is 30. The van der Waals surface area contributed by atoms with E-state index in [4.69, 9.17) is 74.8 Å². The molecule has 0 aliphatic carbocycles. The van der Waals surface area contributed by atoms with Crippen LogP contribution in [0.1, 0.15) is 444 Å². The molecule has 145 heavy (non-hydrogen) atoms. The zero-order valence-electron chi connectivity index (χ0n) is 97.4. The zero-order chi connectivity index (χ0) is 109. The van der Waals surface area contributed by atoms with E-state index >= 15 is 0 Å². The van der Waals surface area contributed by atoms with Crippen LogP contribution in [-0.4, -0.2) is 0 Å². The van der Waals surface area contributed by atoms with Crippen molar-refractivity contribution in [2.45, 2.75) is 414 Å². The molecule has 0 saturated carbocycles. The molecule has 0 aliphatic heterocycles. The standard InChI is InChI=1S/C26H39N.C22H29Cl2N.2C22H31N.C20H27N.2C11H18N2/c1-15(2)22-11-20(12-23(16(3)4)19(22)9)10-21-13-24(17(5)6)26(27)25(14-21)18(7)8;1-6-14-10-16(20(23)18(8-3)13(14)5)12-17-11-15(7-2)22(25)19(9-4)21(17)24;1-13(2)20-11-18(8-15(5)17(20)7)10-19-9-16(6)22(23)21(12-19)14(3)4;1-6-18-11-16(12-19(7-2)15(18)5)10-17-13-20(8-3)22(23)21(9-4)14-17;1-6-18-11-16(8-13(3)15(18)5)10-17-9-14(4)20(21)19(7-2)12-17;1-4-8-6-9(5-2)11(13)7(3)10(8)12;1-4-8-6-7(3)10(12)9(5-2)11(8)13/h11-18H,10,27H2,1-9H3;10-11H,6-9,12,25H2,1-5H3;8-9,11-14H,10,23H2,1-7H3;11-14H,6-10,23H2,1-5H3;8-9,11-12H,6-7,10,21H2,1-5H3;2*6H,4-5,12-13H2,1-3H3. The van der Waals surface area contributed by atoms with Crippen molar-refractivity contribution in [2.24, 2.45) is 0 Å². The van der Waals surface area contributed by atoms with Crippen molar-refractivity contribution in [1.82, 2.24) is 0 Å². The molecule has 788 valence electrons. The molecule has 0 unspecified atom stereocenters. The van der Waals surface area contributed by atoms with Crippen molar-refractivity contribution < 1.29 is 0 Å². The minimum Gasteiger partial charge on any atom is -0.398 e. The van der Waals surface area contributed by atoms with Gasteiger partial charge in [-0.3, -0.25) is 0 Å².